The third-order valence-electron chi connectivity index (χ3n) is 5.81. The summed E-state index contributed by atoms with van der Waals surface area (Å²) >= 11 is 0. The molecule has 9 heteroatoms. The quantitative estimate of drug-likeness (QED) is 0.632. The van der Waals surface area contributed by atoms with Gasteiger partial charge in [0.1, 0.15) is 0 Å². The molecule has 2 bridgehead atoms. The van der Waals surface area contributed by atoms with E-state index in [0.717, 1.165) is 48.9 Å². The molecule has 2 aliphatic carbocycles. The number of alkyl halides is 3. The number of nitrogens with one attached hydrogen (secondary N) is 1. The first-order chi connectivity index (χ1) is 13.2. The van der Waals surface area contributed by atoms with Crippen LogP contribution in [0.2, 0.25) is 0 Å². The van der Waals surface area contributed by atoms with Gasteiger partial charge in [-0.3, -0.25) is 24.8 Å². The Kier molecular flexibility index (Phi) is 4.47. The van der Waals surface area contributed by atoms with Crippen LogP contribution >= 0.6 is 0 Å². The molecular formula is C19H18F3N3O3. The summed E-state index contributed by atoms with van der Waals surface area (Å²) in [7, 11) is 0. The zero-order valence-electron chi connectivity index (χ0n) is 14.8. The predicted octanol–water partition coefficient (Wildman–Crippen LogP) is 3.29. The van der Waals surface area contributed by atoms with Gasteiger partial charge in [-0.05, 0) is 49.3 Å². The van der Waals surface area contributed by atoms with Crippen molar-refractivity contribution in [2.24, 2.45) is 22.7 Å². The summed E-state index contributed by atoms with van der Waals surface area (Å²) in [6.45, 7) is 0. The largest absolute Gasteiger partial charge is 0.416 e. The highest BCUT2D eigenvalue weighted by Crippen LogP contribution is 2.47. The average molecular weight is 393 g/mol. The van der Waals surface area contributed by atoms with Gasteiger partial charge in [0.05, 0.1) is 11.3 Å². The van der Waals surface area contributed by atoms with E-state index in [0.29, 0.717) is 5.92 Å². The van der Waals surface area contributed by atoms with E-state index >= 15 is 0 Å². The maximum Gasteiger partial charge on any atom is 0.416 e. The van der Waals surface area contributed by atoms with Crippen LogP contribution in [0.25, 0.3) is 0 Å². The van der Waals surface area contributed by atoms with Crippen LogP contribution in [0.1, 0.15) is 31.2 Å². The monoisotopic (exact) mass is 393 g/mol. The highest BCUT2D eigenvalue weighted by Gasteiger charge is 2.50. The minimum Gasteiger partial charge on any atom is -0.277 e. The molecule has 2 saturated carbocycles. The molecule has 1 saturated heterocycles. The number of barbiturate groups is 1. The predicted molar refractivity (Wildman–Crippen MR) is 92.7 cm³/mol. The van der Waals surface area contributed by atoms with Gasteiger partial charge in [0.2, 0.25) is 11.8 Å². The molecule has 6 nitrogen and oxygen atoms in total. The second-order valence-corrected chi connectivity index (χ2v) is 7.55. The molecule has 148 valence electrons. The molecule has 3 fully saturated rings. The van der Waals surface area contributed by atoms with Gasteiger partial charge >= 0.3 is 12.2 Å². The van der Waals surface area contributed by atoms with Crippen molar-refractivity contribution in [3.8, 4) is 0 Å². The number of halogens is 3. The fourth-order valence-corrected chi connectivity index (χ4v) is 4.50. The van der Waals surface area contributed by atoms with E-state index in [-0.39, 0.29) is 17.6 Å². The second-order valence-electron chi connectivity index (χ2n) is 7.55. The van der Waals surface area contributed by atoms with Crippen LogP contribution in [0.4, 0.5) is 23.7 Å². The van der Waals surface area contributed by atoms with Gasteiger partial charge in [0.15, 0.2) is 5.92 Å². The van der Waals surface area contributed by atoms with E-state index in [2.05, 4.69) is 10.3 Å². The molecule has 4 rings (SSSR count). The zero-order chi connectivity index (χ0) is 20.1. The molecule has 28 heavy (non-hydrogen) atoms. The van der Waals surface area contributed by atoms with Crippen molar-refractivity contribution in [3.05, 3.63) is 29.8 Å². The summed E-state index contributed by atoms with van der Waals surface area (Å²) in [4.78, 5) is 42.2. The van der Waals surface area contributed by atoms with Gasteiger partial charge in [0.25, 0.3) is 0 Å². The van der Waals surface area contributed by atoms with Crippen molar-refractivity contribution >= 4 is 29.7 Å². The second kappa shape index (κ2) is 6.72. The van der Waals surface area contributed by atoms with Gasteiger partial charge in [0, 0.05) is 12.3 Å². The third kappa shape index (κ3) is 3.29. The Morgan fingerprint density at radius 3 is 2.57 bits per heavy atom. The van der Waals surface area contributed by atoms with Gasteiger partial charge < -0.3 is 0 Å². The molecule has 4 amide bonds. The normalized spacial score (nSPS) is 30.4. The molecule has 0 radical (unpaired) electrons. The molecule has 3 aliphatic rings. The molecule has 1 aromatic carbocycles. The maximum absolute atomic E-state index is 12.8. The molecule has 1 N–H and O–H groups in total. The highest BCUT2D eigenvalue weighted by molar-refractivity contribution is 6.23. The van der Waals surface area contributed by atoms with Gasteiger partial charge in [-0.2, -0.15) is 13.2 Å². The fraction of sp³-hybridized carbons (Fsp3) is 0.474. The number of amides is 4. The number of rotatable bonds is 3. The van der Waals surface area contributed by atoms with Gasteiger partial charge in [-0.25, -0.2) is 4.79 Å². The Bertz CT molecular complexity index is 867. The van der Waals surface area contributed by atoms with Crippen molar-refractivity contribution in [1.29, 1.82) is 0 Å². The standard InChI is InChI=1S/C19H18F3N3O3/c20-19(21,22)12-2-1-3-13(8-12)23-9-14-16(26)24-18(28)25(17(14)27)15-7-10-4-5-11(15)6-10/h1-3,8-11,14-15H,4-7H2,(H,24,26,28)/t10-,11-,14-,15-/m0/s1. The van der Waals surface area contributed by atoms with Gasteiger partial charge in [-0.1, -0.05) is 12.5 Å². The smallest absolute Gasteiger partial charge is 0.277 e. The molecule has 0 aromatic heterocycles. The molecule has 0 unspecified atom stereocenters. The summed E-state index contributed by atoms with van der Waals surface area (Å²) in [6, 6.07) is 3.33. The maximum atomic E-state index is 12.8. The van der Waals surface area contributed by atoms with Gasteiger partial charge in [-0.15, -0.1) is 0 Å². The highest BCUT2D eigenvalue weighted by atomic mass is 19.4. The van der Waals surface area contributed by atoms with Crippen LogP contribution in [0.5, 0.6) is 0 Å². The lowest BCUT2D eigenvalue weighted by atomic mass is 9.92. The summed E-state index contributed by atoms with van der Waals surface area (Å²) in [5.41, 5.74) is -0.904. The summed E-state index contributed by atoms with van der Waals surface area (Å²) in [5, 5.41) is 2.17. The SMILES string of the molecule is O=C1NC(=O)N([C@H]2C[C@H]3CC[C@H]2C3)C(=O)[C@H]1C=Nc1cccc(C(F)(F)F)c1. The molecule has 1 aliphatic heterocycles. The van der Waals surface area contributed by atoms with Crippen LogP contribution in [0, 0.1) is 17.8 Å². The van der Waals surface area contributed by atoms with Crippen LogP contribution < -0.4 is 5.32 Å². The van der Waals surface area contributed by atoms with Crippen LogP contribution in [-0.2, 0) is 15.8 Å². The first-order valence-corrected chi connectivity index (χ1v) is 9.13. The lowest BCUT2D eigenvalue weighted by Crippen LogP contribution is -2.62. The Morgan fingerprint density at radius 2 is 1.93 bits per heavy atom. The zero-order valence-corrected chi connectivity index (χ0v) is 14.8. The van der Waals surface area contributed by atoms with Crippen molar-refractivity contribution < 1.29 is 27.6 Å². The van der Waals surface area contributed by atoms with E-state index in [1.165, 1.54) is 12.1 Å². The Balaban J connectivity index is 1.55. The minimum atomic E-state index is -4.52. The summed E-state index contributed by atoms with van der Waals surface area (Å²) in [5.74, 6) is -2.09. The van der Waals surface area contributed by atoms with Crippen molar-refractivity contribution in [2.45, 2.75) is 37.9 Å². The van der Waals surface area contributed by atoms with Crippen molar-refractivity contribution in [3.63, 3.8) is 0 Å². The molecular weight excluding hydrogens is 375 g/mol. The van der Waals surface area contributed by atoms with E-state index < -0.39 is 35.5 Å². The average Bonchev–Trinajstić information content (AvgIpc) is 3.24. The number of hydrogen-bond acceptors (Lipinski definition) is 4. The Morgan fingerprint density at radius 1 is 1.14 bits per heavy atom. The number of benzene rings is 1. The lowest BCUT2D eigenvalue weighted by molar-refractivity contribution is -0.141. The molecule has 1 aromatic rings. The number of carbonyl (C=O) groups excluding carboxylic acids is 3. The molecule has 4 atom stereocenters. The lowest BCUT2D eigenvalue weighted by Gasteiger charge is -2.36. The van der Waals surface area contributed by atoms with E-state index in [9.17, 15) is 27.6 Å². The number of urea groups is 1. The topological polar surface area (TPSA) is 78.8 Å². The number of carbonyl (C=O) groups is 3. The third-order valence-corrected chi connectivity index (χ3v) is 5.81. The summed E-state index contributed by atoms with van der Waals surface area (Å²) < 4.78 is 38.4. The summed E-state index contributed by atoms with van der Waals surface area (Å²) in [6.07, 6.45) is 0.232. The first kappa shape index (κ1) is 18.6. The van der Waals surface area contributed by atoms with E-state index in [4.69, 9.17) is 0 Å². The number of fused-ring (bicyclic) bond motifs is 2. The number of nitrogens with zero attached hydrogens (tertiary/aromatic N) is 2. The van der Waals surface area contributed by atoms with Crippen LogP contribution in [0.3, 0.4) is 0 Å². The minimum absolute atomic E-state index is 0.0289. The fourth-order valence-electron chi connectivity index (χ4n) is 4.50. The van der Waals surface area contributed by atoms with E-state index in [1.54, 1.807) is 0 Å². The van der Waals surface area contributed by atoms with E-state index in [1.807, 2.05) is 0 Å². The first-order valence-electron chi connectivity index (χ1n) is 9.13. The molecule has 0 spiro atoms. The Labute approximate surface area is 158 Å². The number of aliphatic imine (C=N–C) groups is 1. The van der Waals surface area contributed by atoms with Crippen molar-refractivity contribution in [1.82, 2.24) is 10.2 Å². The number of imide groups is 2. The molecule has 1 heterocycles. The van der Waals surface area contributed by atoms with Crippen molar-refractivity contribution in [2.75, 3.05) is 0 Å². The number of hydrogen-bond donors (Lipinski definition) is 1. The Hall–Kier alpha value is -2.71. The van der Waals surface area contributed by atoms with Crippen LogP contribution in [-0.4, -0.2) is 35.0 Å². The van der Waals surface area contributed by atoms with Crippen LogP contribution in [0.15, 0.2) is 29.3 Å².